The predicted molar refractivity (Wildman–Crippen MR) is 126 cm³/mol. The van der Waals surface area contributed by atoms with Crippen molar-refractivity contribution in [2.45, 2.75) is 12.2 Å². The van der Waals surface area contributed by atoms with Crippen LogP contribution in [-0.4, -0.2) is 25.5 Å². The number of hydrogen-bond acceptors (Lipinski definition) is 5. The number of methoxy groups -OCH3 is 1. The third-order valence-electron chi connectivity index (χ3n) is 4.90. The Bertz CT molecular complexity index is 1280. The van der Waals surface area contributed by atoms with Crippen LogP contribution in [0.4, 0.5) is 5.82 Å². The van der Waals surface area contributed by atoms with E-state index in [0.29, 0.717) is 23.4 Å². The lowest BCUT2D eigenvalue weighted by molar-refractivity contribution is 0.415. The second-order valence-corrected chi connectivity index (χ2v) is 9.01. The van der Waals surface area contributed by atoms with Gasteiger partial charge in [-0.1, -0.05) is 60.7 Å². The Morgan fingerprint density at radius 3 is 2.09 bits per heavy atom. The summed E-state index contributed by atoms with van der Waals surface area (Å²) in [4.78, 5) is 9.19. The summed E-state index contributed by atoms with van der Waals surface area (Å²) in [6, 6.07) is 26.3. The van der Waals surface area contributed by atoms with E-state index in [1.54, 1.807) is 25.4 Å². The Morgan fingerprint density at radius 1 is 0.844 bits per heavy atom. The standard InChI is InChI=1S/C25H23N3O3S/c1-31-22-14-12-21(13-15-22)24-17-26-25(23(27-24)16-19-8-4-2-5-9-19)28-32(29,30)18-20-10-6-3-7-11-20/h2-15,17H,16,18H2,1H3,(H,26,28). The molecule has 7 heteroatoms. The molecule has 0 saturated heterocycles. The van der Waals surface area contributed by atoms with Crippen LogP contribution in [0.15, 0.2) is 91.1 Å². The van der Waals surface area contributed by atoms with Gasteiger partial charge in [0, 0.05) is 12.0 Å². The fourth-order valence-corrected chi connectivity index (χ4v) is 4.47. The highest BCUT2D eigenvalue weighted by Gasteiger charge is 2.17. The second-order valence-electron chi connectivity index (χ2n) is 7.29. The largest absolute Gasteiger partial charge is 0.497 e. The van der Waals surface area contributed by atoms with Crippen molar-refractivity contribution < 1.29 is 13.2 Å². The molecule has 0 spiro atoms. The second kappa shape index (κ2) is 9.62. The number of nitrogens with zero attached hydrogens (tertiary/aromatic N) is 2. The lowest BCUT2D eigenvalue weighted by atomic mass is 10.1. The predicted octanol–water partition coefficient (Wildman–Crippen LogP) is 4.68. The molecule has 4 rings (SSSR count). The number of rotatable bonds is 8. The lowest BCUT2D eigenvalue weighted by Gasteiger charge is -2.13. The zero-order valence-electron chi connectivity index (χ0n) is 17.6. The van der Waals surface area contributed by atoms with E-state index in [1.165, 1.54) is 0 Å². The van der Waals surface area contributed by atoms with E-state index in [9.17, 15) is 8.42 Å². The Morgan fingerprint density at radius 2 is 1.47 bits per heavy atom. The molecular formula is C25H23N3O3S. The van der Waals surface area contributed by atoms with Crippen LogP contribution in [0, 0.1) is 0 Å². The van der Waals surface area contributed by atoms with Crippen molar-refractivity contribution in [1.82, 2.24) is 9.97 Å². The molecule has 0 aliphatic heterocycles. The van der Waals surface area contributed by atoms with E-state index in [2.05, 4.69) is 9.71 Å². The van der Waals surface area contributed by atoms with Crippen LogP contribution in [-0.2, 0) is 22.2 Å². The molecule has 0 amide bonds. The number of hydrogen-bond donors (Lipinski definition) is 1. The van der Waals surface area contributed by atoms with Crippen LogP contribution >= 0.6 is 0 Å². The normalized spacial score (nSPS) is 11.2. The van der Waals surface area contributed by atoms with Crippen LogP contribution in [0.2, 0.25) is 0 Å². The minimum atomic E-state index is -3.66. The lowest BCUT2D eigenvalue weighted by Crippen LogP contribution is -2.18. The highest BCUT2D eigenvalue weighted by atomic mass is 32.2. The van der Waals surface area contributed by atoms with Crippen molar-refractivity contribution in [3.8, 4) is 17.0 Å². The summed E-state index contributed by atoms with van der Waals surface area (Å²) in [7, 11) is -2.04. The van der Waals surface area contributed by atoms with Gasteiger partial charge in [-0.25, -0.2) is 18.4 Å². The highest BCUT2D eigenvalue weighted by Crippen LogP contribution is 2.24. The minimum absolute atomic E-state index is 0.138. The molecule has 3 aromatic carbocycles. The number of sulfonamides is 1. The molecule has 0 unspecified atom stereocenters. The van der Waals surface area contributed by atoms with E-state index in [0.717, 1.165) is 16.9 Å². The van der Waals surface area contributed by atoms with Gasteiger partial charge in [-0.15, -0.1) is 0 Å². The van der Waals surface area contributed by atoms with Crippen LogP contribution in [0.5, 0.6) is 5.75 Å². The van der Waals surface area contributed by atoms with Gasteiger partial charge in [-0.05, 0) is 35.4 Å². The van der Waals surface area contributed by atoms with Crippen molar-refractivity contribution in [3.05, 3.63) is 108 Å². The summed E-state index contributed by atoms with van der Waals surface area (Å²) in [5.74, 6) is 0.846. The molecule has 162 valence electrons. The van der Waals surface area contributed by atoms with Gasteiger partial charge in [0.15, 0.2) is 5.82 Å². The van der Waals surface area contributed by atoms with Gasteiger partial charge in [0.2, 0.25) is 10.0 Å². The van der Waals surface area contributed by atoms with Crippen LogP contribution in [0.25, 0.3) is 11.3 Å². The van der Waals surface area contributed by atoms with Gasteiger partial charge >= 0.3 is 0 Å². The van der Waals surface area contributed by atoms with Gasteiger partial charge in [0.05, 0.1) is 30.4 Å². The zero-order chi connectivity index (χ0) is 22.4. The smallest absolute Gasteiger partial charge is 0.238 e. The maximum atomic E-state index is 12.8. The van der Waals surface area contributed by atoms with E-state index < -0.39 is 10.0 Å². The van der Waals surface area contributed by atoms with Gasteiger partial charge in [-0.3, -0.25) is 4.72 Å². The zero-order valence-corrected chi connectivity index (χ0v) is 18.4. The van der Waals surface area contributed by atoms with Crippen molar-refractivity contribution in [2.24, 2.45) is 0 Å². The number of nitrogens with one attached hydrogen (secondary N) is 1. The molecule has 0 aliphatic carbocycles. The summed E-state index contributed by atoms with van der Waals surface area (Å²) in [6.07, 6.45) is 2.03. The van der Waals surface area contributed by atoms with Crippen molar-refractivity contribution in [1.29, 1.82) is 0 Å². The van der Waals surface area contributed by atoms with Gasteiger partial charge in [0.1, 0.15) is 5.75 Å². The summed E-state index contributed by atoms with van der Waals surface area (Å²) in [5, 5.41) is 0. The first-order valence-electron chi connectivity index (χ1n) is 10.1. The number of aromatic nitrogens is 2. The summed E-state index contributed by atoms with van der Waals surface area (Å²) >= 11 is 0. The topological polar surface area (TPSA) is 81.2 Å². The Hall–Kier alpha value is -3.71. The first-order chi connectivity index (χ1) is 15.5. The Kier molecular flexibility index (Phi) is 6.47. The Labute approximate surface area is 188 Å². The van der Waals surface area contributed by atoms with E-state index in [1.807, 2.05) is 72.8 Å². The first-order valence-corrected chi connectivity index (χ1v) is 11.8. The van der Waals surface area contributed by atoms with Crippen LogP contribution in [0.3, 0.4) is 0 Å². The van der Waals surface area contributed by atoms with E-state index in [4.69, 9.17) is 9.72 Å². The third-order valence-corrected chi connectivity index (χ3v) is 6.11. The van der Waals surface area contributed by atoms with Gasteiger partial charge < -0.3 is 4.74 Å². The van der Waals surface area contributed by atoms with Crippen molar-refractivity contribution in [3.63, 3.8) is 0 Å². The number of benzene rings is 3. The van der Waals surface area contributed by atoms with E-state index in [-0.39, 0.29) is 11.6 Å². The SMILES string of the molecule is COc1ccc(-c2cnc(NS(=O)(=O)Cc3ccccc3)c(Cc3ccccc3)n2)cc1. The molecule has 1 heterocycles. The monoisotopic (exact) mass is 445 g/mol. The molecule has 1 aromatic heterocycles. The molecular weight excluding hydrogens is 422 g/mol. The summed E-state index contributed by atoms with van der Waals surface area (Å²) in [6.45, 7) is 0. The molecule has 6 nitrogen and oxygen atoms in total. The number of anilines is 1. The quantitative estimate of drug-likeness (QED) is 0.426. The van der Waals surface area contributed by atoms with E-state index >= 15 is 0 Å². The molecule has 0 bridgehead atoms. The molecule has 0 atom stereocenters. The minimum Gasteiger partial charge on any atom is -0.497 e. The molecule has 0 aliphatic rings. The maximum Gasteiger partial charge on any atom is 0.238 e. The van der Waals surface area contributed by atoms with Crippen LogP contribution in [0.1, 0.15) is 16.8 Å². The van der Waals surface area contributed by atoms with Gasteiger partial charge in [0.25, 0.3) is 0 Å². The average Bonchev–Trinajstić information content (AvgIpc) is 2.81. The van der Waals surface area contributed by atoms with Gasteiger partial charge in [-0.2, -0.15) is 0 Å². The summed E-state index contributed by atoms with van der Waals surface area (Å²) in [5.41, 5.74) is 3.79. The molecule has 1 N–H and O–H groups in total. The molecule has 32 heavy (non-hydrogen) atoms. The summed E-state index contributed by atoms with van der Waals surface area (Å²) < 4.78 is 33.5. The highest BCUT2D eigenvalue weighted by molar-refractivity contribution is 7.91. The van der Waals surface area contributed by atoms with Crippen molar-refractivity contribution in [2.75, 3.05) is 11.8 Å². The molecule has 4 aromatic rings. The fourth-order valence-electron chi connectivity index (χ4n) is 3.30. The molecule has 0 fully saturated rings. The fraction of sp³-hybridized carbons (Fsp3) is 0.120. The number of ether oxygens (including phenoxy) is 1. The first kappa shape index (κ1) is 21.5. The Balaban J connectivity index is 1.67. The van der Waals surface area contributed by atoms with Crippen LogP contribution < -0.4 is 9.46 Å². The van der Waals surface area contributed by atoms with Crippen molar-refractivity contribution >= 4 is 15.8 Å². The molecule has 0 saturated carbocycles. The molecule has 0 radical (unpaired) electrons. The average molecular weight is 446 g/mol. The maximum absolute atomic E-state index is 12.8. The third kappa shape index (κ3) is 5.50.